The molecule has 1 aromatic heterocycles. The number of aromatic nitrogens is 1. The van der Waals surface area contributed by atoms with Crippen molar-refractivity contribution < 1.29 is 8.95 Å². The molecule has 0 bridgehead atoms. The van der Waals surface area contributed by atoms with E-state index in [0.29, 0.717) is 29.5 Å². The highest BCUT2D eigenvalue weighted by Crippen LogP contribution is 2.24. The Morgan fingerprint density at radius 2 is 2.07 bits per heavy atom. The second-order valence-corrected chi connectivity index (χ2v) is 9.33. The largest absolute Gasteiger partial charge is 0.383 e. The lowest BCUT2D eigenvalue weighted by atomic mass is 10.1. The van der Waals surface area contributed by atoms with Gasteiger partial charge in [-0.2, -0.15) is 0 Å². The van der Waals surface area contributed by atoms with E-state index in [1.54, 1.807) is 36.5 Å². The first-order valence-electron chi connectivity index (χ1n) is 10.2. The predicted octanol–water partition coefficient (Wildman–Crippen LogP) is 1.98. The van der Waals surface area contributed by atoms with Crippen LogP contribution >= 0.6 is 0 Å². The number of hydrogen-bond acceptors (Lipinski definition) is 5. The van der Waals surface area contributed by atoms with Crippen LogP contribution in [-0.4, -0.2) is 51.7 Å². The second kappa shape index (κ2) is 9.11. The van der Waals surface area contributed by atoms with Gasteiger partial charge in [-0.15, -0.1) is 0 Å². The molecule has 3 heterocycles. The quantitative estimate of drug-likeness (QED) is 0.480. The van der Waals surface area contributed by atoms with Crippen molar-refractivity contribution in [3.8, 4) is 0 Å². The molecule has 1 aromatic carbocycles. The zero-order chi connectivity index (χ0) is 21.1. The van der Waals surface area contributed by atoms with Gasteiger partial charge in [0, 0.05) is 31.9 Å². The number of hydrogen-bond donors (Lipinski definition) is 3. The summed E-state index contributed by atoms with van der Waals surface area (Å²) in [4.78, 5) is 20.3. The van der Waals surface area contributed by atoms with Gasteiger partial charge in [0.05, 0.1) is 22.9 Å². The van der Waals surface area contributed by atoms with Crippen LogP contribution in [0.2, 0.25) is 0 Å². The maximum absolute atomic E-state index is 12.5. The van der Waals surface area contributed by atoms with Crippen molar-refractivity contribution in [1.29, 1.82) is 0 Å². The van der Waals surface area contributed by atoms with Gasteiger partial charge in [0.2, 0.25) is 0 Å². The Morgan fingerprint density at radius 3 is 2.73 bits per heavy atom. The minimum absolute atomic E-state index is 0.126. The van der Waals surface area contributed by atoms with Crippen LogP contribution in [0.3, 0.4) is 0 Å². The van der Waals surface area contributed by atoms with Gasteiger partial charge < -0.3 is 20.8 Å². The van der Waals surface area contributed by atoms with Crippen LogP contribution in [0.15, 0.2) is 51.2 Å². The molecule has 0 amide bonds. The van der Waals surface area contributed by atoms with Crippen molar-refractivity contribution in [2.24, 2.45) is 16.6 Å². The maximum atomic E-state index is 12.5. The molecule has 4 rings (SSSR count). The lowest BCUT2D eigenvalue weighted by Gasteiger charge is -2.35. The van der Waals surface area contributed by atoms with Crippen LogP contribution in [0, 0.1) is 5.92 Å². The average Bonchev–Trinajstić information content (AvgIpc) is 2.72. The molecule has 2 aliphatic heterocycles. The van der Waals surface area contributed by atoms with E-state index >= 15 is 0 Å². The van der Waals surface area contributed by atoms with E-state index in [2.05, 4.69) is 22.2 Å². The topological polar surface area (TPSA) is 113 Å². The van der Waals surface area contributed by atoms with Gasteiger partial charge >= 0.3 is 0 Å². The Bertz CT molecular complexity index is 992. The third-order valence-corrected chi connectivity index (χ3v) is 6.73. The Hall–Kier alpha value is -2.49. The van der Waals surface area contributed by atoms with Gasteiger partial charge in [0.1, 0.15) is 22.4 Å². The number of nitrogens with zero attached hydrogens (tertiary/aromatic N) is 2. The van der Waals surface area contributed by atoms with E-state index < -0.39 is 11.0 Å². The number of nitrogens with one attached hydrogen (secondary N) is 2. The molecule has 0 aliphatic carbocycles. The molecule has 8 nitrogen and oxygen atoms in total. The summed E-state index contributed by atoms with van der Waals surface area (Å²) >= 11 is 0. The molecule has 0 spiro atoms. The highest BCUT2D eigenvalue weighted by Gasteiger charge is 2.28. The molecule has 30 heavy (non-hydrogen) atoms. The number of nitrogens with two attached hydrogens (primary N) is 1. The van der Waals surface area contributed by atoms with Crippen molar-refractivity contribution in [2.45, 2.75) is 30.7 Å². The fraction of sp³-hybridized carbons (Fsp3) is 0.429. The fourth-order valence-electron chi connectivity index (χ4n) is 3.69. The molecule has 2 fully saturated rings. The number of aliphatic imine (C=N–C) groups is 1. The summed E-state index contributed by atoms with van der Waals surface area (Å²) in [6.45, 7) is 5.19. The van der Waals surface area contributed by atoms with E-state index in [1.165, 1.54) is 0 Å². The third-order valence-electron chi connectivity index (χ3n) is 5.29. The van der Waals surface area contributed by atoms with Crippen molar-refractivity contribution in [3.63, 3.8) is 0 Å². The van der Waals surface area contributed by atoms with Crippen LogP contribution in [0.4, 0.5) is 11.4 Å². The SMILES string of the molecule is CC1CN(S(=O)c2ccc(N=C(N)c3c(N[C@@H]4CCCOC4)cc[nH]c3=O)cc2)C1. The third kappa shape index (κ3) is 4.63. The van der Waals surface area contributed by atoms with Gasteiger partial charge in [-0.1, -0.05) is 6.92 Å². The van der Waals surface area contributed by atoms with E-state index in [1.807, 2.05) is 4.31 Å². The van der Waals surface area contributed by atoms with Crippen LogP contribution in [0.1, 0.15) is 25.3 Å². The highest BCUT2D eigenvalue weighted by molar-refractivity contribution is 7.82. The number of aromatic amines is 1. The van der Waals surface area contributed by atoms with Gasteiger partial charge in [-0.05, 0) is 49.1 Å². The Balaban J connectivity index is 1.53. The molecule has 2 atom stereocenters. The van der Waals surface area contributed by atoms with Crippen molar-refractivity contribution in [3.05, 3.63) is 52.4 Å². The standard InChI is InChI=1S/C21H27N5O3S/c1-14-11-26(12-14)30(28)17-6-4-15(5-7-17)25-20(22)19-18(8-9-23-21(19)27)24-16-3-2-10-29-13-16/h4-9,14,16H,2-3,10-13H2,1H3,(H2,22,25)(H2,23,24,27)/t16-,30?/m1/s1. The number of pyridine rings is 1. The van der Waals surface area contributed by atoms with Crippen LogP contribution < -0.4 is 16.6 Å². The number of benzene rings is 1. The Kier molecular flexibility index (Phi) is 6.31. The van der Waals surface area contributed by atoms with Gasteiger partial charge in [-0.3, -0.25) is 4.79 Å². The number of anilines is 1. The van der Waals surface area contributed by atoms with E-state index in [0.717, 1.165) is 37.4 Å². The molecule has 4 N–H and O–H groups in total. The average molecular weight is 430 g/mol. The van der Waals surface area contributed by atoms with Crippen molar-refractivity contribution >= 4 is 28.2 Å². The smallest absolute Gasteiger partial charge is 0.261 e. The zero-order valence-electron chi connectivity index (χ0n) is 17.0. The second-order valence-electron chi connectivity index (χ2n) is 7.85. The van der Waals surface area contributed by atoms with Crippen molar-refractivity contribution in [2.75, 3.05) is 31.6 Å². The lowest BCUT2D eigenvalue weighted by Crippen LogP contribution is -2.45. The first-order valence-corrected chi connectivity index (χ1v) is 11.3. The molecule has 0 radical (unpaired) electrons. The van der Waals surface area contributed by atoms with Crippen molar-refractivity contribution in [1.82, 2.24) is 9.29 Å². The van der Waals surface area contributed by atoms with Crippen LogP contribution in [0.25, 0.3) is 0 Å². The van der Waals surface area contributed by atoms with Gasteiger partial charge in [0.15, 0.2) is 0 Å². The summed E-state index contributed by atoms with van der Waals surface area (Å²) in [6, 6.07) is 9.03. The minimum Gasteiger partial charge on any atom is -0.383 e. The fourth-order valence-corrected chi connectivity index (χ4v) is 5.13. The molecular formula is C21H27N5O3S. The van der Waals surface area contributed by atoms with Gasteiger partial charge in [0.25, 0.3) is 5.56 Å². The summed E-state index contributed by atoms with van der Waals surface area (Å²) < 4.78 is 20.0. The molecule has 0 saturated carbocycles. The molecular weight excluding hydrogens is 402 g/mol. The first kappa shape index (κ1) is 20.8. The molecule has 2 aliphatic rings. The summed E-state index contributed by atoms with van der Waals surface area (Å²) in [7, 11) is -1.15. The number of amidine groups is 1. The summed E-state index contributed by atoms with van der Waals surface area (Å²) in [5, 5.41) is 3.36. The zero-order valence-corrected chi connectivity index (χ0v) is 17.8. The van der Waals surface area contributed by atoms with E-state index in [9.17, 15) is 9.00 Å². The maximum Gasteiger partial charge on any atom is 0.261 e. The number of ether oxygens (including phenoxy) is 1. The van der Waals surface area contributed by atoms with Crippen LogP contribution in [-0.2, 0) is 15.7 Å². The lowest BCUT2D eigenvalue weighted by molar-refractivity contribution is 0.0876. The minimum atomic E-state index is -1.15. The predicted molar refractivity (Wildman–Crippen MR) is 118 cm³/mol. The molecule has 160 valence electrons. The summed E-state index contributed by atoms with van der Waals surface area (Å²) in [5.74, 6) is 0.714. The molecule has 2 saturated heterocycles. The molecule has 1 unspecified atom stereocenters. The number of H-pyrrole nitrogens is 1. The van der Waals surface area contributed by atoms with E-state index in [4.69, 9.17) is 10.5 Å². The van der Waals surface area contributed by atoms with E-state index in [-0.39, 0.29) is 17.4 Å². The Morgan fingerprint density at radius 1 is 1.30 bits per heavy atom. The number of rotatable bonds is 6. The molecule has 2 aromatic rings. The van der Waals surface area contributed by atoms with Crippen LogP contribution in [0.5, 0.6) is 0 Å². The first-order chi connectivity index (χ1) is 14.5. The highest BCUT2D eigenvalue weighted by atomic mass is 32.2. The summed E-state index contributed by atoms with van der Waals surface area (Å²) in [6.07, 6.45) is 3.54. The monoisotopic (exact) mass is 429 g/mol. The normalized spacial score (nSPS) is 21.8. The Labute approximate surface area is 178 Å². The summed E-state index contributed by atoms with van der Waals surface area (Å²) in [5.41, 5.74) is 7.46. The molecule has 9 heteroatoms. The van der Waals surface area contributed by atoms with Gasteiger partial charge in [-0.25, -0.2) is 13.5 Å².